The zero-order chi connectivity index (χ0) is 16.4. The molecule has 0 aromatic carbocycles. The first-order chi connectivity index (χ1) is 10.5. The molecule has 9 heteroatoms. The first-order valence-corrected chi connectivity index (χ1v) is 9.15. The highest BCUT2D eigenvalue weighted by molar-refractivity contribution is 7.38. The van der Waals surface area contributed by atoms with E-state index >= 15 is 0 Å². The zero-order valence-corrected chi connectivity index (χ0v) is 13.6. The lowest BCUT2D eigenvalue weighted by Crippen LogP contribution is -2.33. The van der Waals surface area contributed by atoms with Crippen LogP contribution in [0.2, 0.25) is 0 Å². The van der Waals surface area contributed by atoms with E-state index in [0.29, 0.717) is 0 Å². The van der Waals surface area contributed by atoms with E-state index in [1.807, 2.05) is 0 Å². The van der Waals surface area contributed by atoms with Crippen molar-refractivity contribution >= 4 is 20.1 Å². The Balaban J connectivity index is 2.07. The van der Waals surface area contributed by atoms with Crippen LogP contribution in [0.3, 0.4) is 0 Å². The van der Waals surface area contributed by atoms with Gasteiger partial charge < -0.3 is 19.3 Å². The number of ether oxygens (including phenoxy) is 2. The van der Waals surface area contributed by atoms with E-state index in [1.165, 1.54) is 6.66 Å². The molecule has 0 heterocycles. The molecule has 0 bridgehead atoms. The molecule has 0 radical (unpaired) electrons. The standard InChI is InChI=1S/C13H23FNO6P/c1-22(18)21-8-11(14)7-15-13(17)20-9-19-12(16)10-5-3-2-4-6-10/h10-11,22H,2-9H2,1H3,(H,15,17). The molecule has 22 heavy (non-hydrogen) atoms. The van der Waals surface area contributed by atoms with Crippen LogP contribution in [-0.4, -0.2) is 44.8 Å². The van der Waals surface area contributed by atoms with Gasteiger partial charge in [0, 0.05) is 6.66 Å². The van der Waals surface area contributed by atoms with E-state index in [0.717, 1.165) is 32.1 Å². The Morgan fingerprint density at radius 3 is 2.59 bits per heavy atom. The third-order valence-corrected chi connectivity index (χ3v) is 3.84. The number of rotatable bonds is 8. The molecule has 2 unspecified atom stereocenters. The van der Waals surface area contributed by atoms with E-state index in [1.54, 1.807) is 0 Å². The fraction of sp³-hybridized carbons (Fsp3) is 0.846. The van der Waals surface area contributed by atoms with Crippen LogP contribution in [0.25, 0.3) is 0 Å². The summed E-state index contributed by atoms with van der Waals surface area (Å²) in [6.07, 6.45) is 2.37. The highest BCUT2D eigenvalue weighted by Crippen LogP contribution is 2.24. The Labute approximate surface area is 129 Å². The van der Waals surface area contributed by atoms with Crippen LogP contribution in [-0.2, 0) is 23.4 Å². The van der Waals surface area contributed by atoms with Crippen LogP contribution in [0.1, 0.15) is 32.1 Å². The summed E-state index contributed by atoms with van der Waals surface area (Å²) in [5, 5.41) is 2.16. The third kappa shape index (κ3) is 8.34. The van der Waals surface area contributed by atoms with Crippen LogP contribution in [0.5, 0.6) is 0 Å². The smallest absolute Gasteiger partial charge is 0.410 e. The second-order valence-corrected chi connectivity index (χ2v) is 6.40. The first-order valence-electron chi connectivity index (χ1n) is 7.33. The van der Waals surface area contributed by atoms with E-state index in [4.69, 9.17) is 4.74 Å². The van der Waals surface area contributed by atoms with Crippen LogP contribution in [0.4, 0.5) is 9.18 Å². The highest BCUT2D eigenvalue weighted by Gasteiger charge is 2.22. The van der Waals surface area contributed by atoms with Crippen molar-refractivity contribution in [1.29, 1.82) is 0 Å². The van der Waals surface area contributed by atoms with Crippen molar-refractivity contribution in [3.63, 3.8) is 0 Å². The van der Waals surface area contributed by atoms with E-state index in [2.05, 4.69) is 14.6 Å². The number of nitrogens with one attached hydrogen (secondary N) is 1. The molecule has 0 spiro atoms. The lowest BCUT2D eigenvalue weighted by Gasteiger charge is -2.19. The fourth-order valence-electron chi connectivity index (χ4n) is 2.11. The molecule has 0 aromatic rings. The maximum Gasteiger partial charge on any atom is 0.410 e. The van der Waals surface area contributed by atoms with Crippen molar-refractivity contribution in [3.8, 4) is 0 Å². The van der Waals surface area contributed by atoms with Crippen LogP contribution >= 0.6 is 8.03 Å². The Kier molecular flexibility index (Phi) is 9.08. The average Bonchev–Trinajstić information content (AvgIpc) is 2.51. The Bertz CT molecular complexity index is 389. The number of halogens is 1. The normalized spacial score (nSPS) is 18.3. The van der Waals surface area contributed by atoms with E-state index in [-0.39, 0.29) is 25.0 Å². The van der Waals surface area contributed by atoms with Crippen molar-refractivity contribution in [2.45, 2.75) is 38.3 Å². The minimum atomic E-state index is -2.19. The predicted molar refractivity (Wildman–Crippen MR) is 77.8 cm³/mol. The van der Waals surface area contributed by atoms with Crippen molar-refractivity contribution in [2.75, 3.05) is 26.6 Å². The molecule has 1 fully saturated rings. The van der Waals surface area contributed by atoms with Crippen molar-refractivity contribution in [1.82, 2.24) is 5.32 Å². The Hall–Kier alpha value is -1.14. The summed E-state index contributed by atoms with van der Waals surface area (Å²) >= 11 is 0. The molecule has 1 aliphatic carbocycles. The molecule has 0 aliphatic heterocycles. The Morgan fingerprint density at radius 2 is 1.95 bits per heavy atom. The number of esters is 1. The topological polar surface area (TPSA) is 90.9 Å². The number of carbonyl (C=O) groups excluding carboxylic acids is 2. The molecule has 1 aliphatic rings. The first kappa shape index (κ1) is 18.9. The third-order valence-electron chi connectivity index (χ3n) is 3.27. The summed E-state index contributed by atoms with van der Waals surface area (Å²) in [5.41, 5.74) is 0. The van der Waals surface area contributed by atoms with Gasteiger partial charge >= 0.3 is 12.1 Å². The summed E-state index contributed by atoms with van der Waals surface area (Å²) in [7, 11) is -2.19. The monoisotopic (exact) mass is 339 g/mol. The maximum atomic E-state index is 13.2. The second-order valence-electron chi connectivity index (χ2n) is 5.13. The van der Waals surface area contributed by atoms with Gasteiger partial charge in [0.25, 0.3) is 0 Å². The summed E-state index contributed by atoms with van der Waals surface area (Å²) in [6, 6.07) is 0. The molecule has 0 saturated heterocycles. The quantitative estimate of drug-likeness (QED) is 0.414. The molecule has 1 rings (SSSR count). The molecule has 2 atom stereocenters. The number of alkyl carbamates (subject to hydrolysis) is 1. The molecule has 1 saturated carbocycles. The van der Waals surface area contributed by atoms with Gasteiger partial charge in [0.15, 0.2) is 8.03 Å². The second kappa shape index (κ2) is 10.6. The zero-order valence-electron chi connectivity index (χ0n) is 12.6. The lowest BCUT2D eigenvalue weighted by molar-refractivity contribution is -0.157. The molecular weight excluding hydrogens is 316 g/mol. The summed E-state index contributed by atoms with van der Waals surface area (Å²) in [5.74, 6) is -0.484. The molecule has 7 nitrogen and oxygen atoms in total. The molecule has 0 aromatic heterocycles. The number of hydrogen-bond acceptors (Lipinski definition) is 6. The van der Waals surface area contributed by atoms with Gasteiger partial charge in [-0.1, -0.05) is 19.3 Å². The number of alkyl halides is 1. The van der Waals surface area contributed by atoms with Gasteiger partial charge in [-0.05, 0) is 12.8 Å². The number of carbonyl (C=O) groups is 2. The van der Waals surface area contributed by atoms with Gasteiger partial charge in [-0.2, -0.15) is 0 Å². The molecule has 128 valence electrons. The minimum Gasteiger partial charge on any atom is -0.428 e. The summed E-state index contributed by atoms with van der Waals surface area (Å²) in [4.78, 5) is 22.9. The predicted octanol–water partition coefficient (Wildman–Crippen LogP) is 2.25. The van der Waals surface area contributed by atoms with Crippen LogP contribution in [0, 0.1) is 5.92 Å². The molecule has 1 amide bonds. The largest absolute Gasteiger partial charge is 0.428 e. The Morgan fingerprint density at radius 1 is 1.27 bits per heavy atom. The van der Waals surface area contributed by atoms with Gasteiger partial charge in [0.05, 0.1) is 19.1 Å². The van der Waals surface area contributed by atoms with Gasteiger partial charge in [-0.3, -0.25) is 9.36 Å². The minimum absolute atomic E-state index is 0.120. The summed E-state index contributed by atoms with van der Waals surface area (Å²) in [6.45, 7) is 0.173. The molecular formula is C13H23FNO6P. The van der Waals surface area contributed by atoms with Gasteiger partial charge in [0.1, 0.15) is 6.17 Å². The van der Waals surface area contributed by atoms with Gasteiger partial charge in [-0.25, -0.2) is 9.18 Å². The van der Waals surface area contributed by atoms with E-state index < -0.39 is 27.1 Å². The van der Waals surface area contributed by atoms with Crippen LogP contribution in [0.15, 0.2) is 0 Å². The fourth-order valence-corrected chi connectivity index (χ4v) is 2.52. The lowest BCUT2D eigenvalue weighted by atomic mass is 9.89. The van der Waals surface area contributed by atoms with Gasteiger partial charge in [-0.15, -0.1) is 0 Å². The van der Waals surface area contributed by atoms with Crippen molar-refractivity contribution in [2.24, 2.45) is 5.92 Å². The van der Waals surface area contributed by atoms with E-state index in [9.17, 15) is 18.5 Å². The van der Waals surface area contributed by atoms with Crippen molar-refractivity contribution in [3.05, 3.63) is 0 Å². The highest BCUT2D eigenvalue weighted by atomic mass is 31.1. The maximum absolute atomic E-state index is 13.2. The summed E-state index contributed by atoms with van der Waals surface area (Å²) < 4.78 is 38.0. The van der Waals surface area contributed by atoms with Crippen molar-refractivity contribution < 1.29 is 32.5 Å². The number of hydrogen-bond donors (Lipinski definition) is 1. The molecule has 1 N–H and O–H groups in total. The SMILES string of the molecule is C[PH](=O)OCC(F)CNC(=O)OCOC(=O)C1CCCCC1. The van der Waals surface area contributed by atoms with Gasteiger partial charge in [0.2, 0.25) is 6.79 Å². The van der Waals surface area contributed by atoms with Crippen LogP contribution < -0.4 is 5.32 Å². The number of amides is 1. The average molecular weight is 339 g/mol.